The summed E-state index contributed by atoms with van der Waals surface area (Å²) in [6.45, 7) is 4.58. The minimum atomic E-state index is 0.319. The van der Waals surface area contributed by atoms with Crippen LogP contribution in [0.1, 0.15) is 65.2 Å². The first kappa shape index (κ1) is 15.9. The third-order valence-electron chi connectivity index (χ3n) is 3.53. The topological polar surface area (TPSA) is 32.3 Å². The third-order valence-corrected chi connectivity index (χ3v) is 3.53. The molecule has 98 valence electrons. The lowest BCUT2D eigenvalue weighted by Crippen LogP contribution is -2.33. The zero-order valence-electron chi connectivity index (χ0n) is 11.5. The molecule has 0 aromatic heterocycles. The van der Waals surface area contributed by atoms with E-state index in [1.54, 1.807) is 0 Å². The predicted molar refractivity (Wildman–Crippen MR) is 71.7 cm³/mol. The standard InChI is InChI=1S/C11H23N.C3H8O/c1-3-10-8-6-4-5-7-9-11(10)12-2;1-2-3-4/h10-12H,3-9H2,1-2H3;4H,2-3H2,1H3. The maximum absolute atomic E-state index is 7.88. The SMILES string of the molecule is CCC1CCCCCCC1NC.CCCO. The lowest BCUT2D eigenvalue weighted by atomic mass is 9.85. The minimum Gasteiger partial charge on any atom is -0.396 e. The average molecular weight is 229 g/mol. The lowest BCUT2D eigenvalue weighted by Gasteiger charge is -2.28. The maximum atomic E-state index is 7.88. The molecular formula is C14H31NO. The first-order valence-electron chi connectivity index (χ1n) is 7.08. The normalized spacial score (nSPS) is 26.2. The van der Waals surface area contributed by atoms with E-state index < -0.39 is 0 Å². The molecule has 2 N–H and O–H groups in total. The van der Waals surface area contributed by atoms with Gasteiger partial charge in [-0.05, 0) is 32.2 Å². The summed E-state index contributed by atoms with van der Waals surface area (Å²) in [5.41, 5.74) is 0. The smallest absolute Gasteiger partial charge is 0.0428 e. The lowest BCUT2D eigenvalue weighted by molar-refractivity contribution is 0.289. The van der Waals surface area contributed by atoms with Gasteiger partial charge in [-0.2, -0.15) is 0 Å². The molecule has 0 bridgehead atoms. The Labute approximate surface area is 102 Å². The van der Waals surface area contributed by atoms with Gasteiger partial charge in [0.05, 0.1) is 0 Å². The molecule has 1 aliphatic rings. The van der Waals surface area contributed by atoms with Crippen molar-refractivity contribution in [1.29, 1.82) is 0 Å². The van der Waals surface area contributed by atoms with Gasteiger partial charge in [0.25, 0.3) is 0 Å². The summed E-state index contributed by atoms with van der Waals surface area (Å²) in [6.07, 6.45) is 10.9. The minimum absolute atomic E-state index is 0.319. The van der Waals surface area contributed by atoms with E-state index in [2.05, 4.69) is 19.3 Å². The van der Waals surface area contributed by atoms with Crippen molar-refractivity contribution in [1.82, 2.24) is 5.32 Å². The highest BCUT2D eigenvalue weighted by Crippen LogP contribution is 2.24. The van der Waals surface area contributed by atoms with Crippen molar-refractivity contribution in [2.24, 2.45) is 5.92 Å². The van der Waals surface area contributed by atoms with E-state index in [-0.39, 0.29) is 0 Å². The fraction of sp³-hybridized carbons (Fsp3) is 1.00. The first-order chi connectivity index (χ1) is 7.79. The van der Waals surface area contributed by atoms with Crippen molar-refractivity contribution in [3.05, 3.63) is 0 Å². The summed E-state index contributed by atoms with van der Waals surface area (Å²) in [5.74, 6) is 0.940. The van der Waals surface area contributed by atoms with Crippen LogP contribution >= 0.6 is 0 Å². The van der Waals surface area contributed by atoms with Gasteiger partial charge in [-0.15, -0.1) is 0 Å². The first-order valence-corrected chi connectivity index (χ1v) is 7.08. The number of hydrogen-bond acceptors (Lipinski definition) is 2. The number of nitrogens with one attached hydrogen (secondary N) is 1. The van der Waals surface area contributed by atoms with Gasteiger partial charge in [-0.1, -0.05) is 46.0 Å². The van der Waals surface area contributed by atoms with Gasteiger partial charge in [0.15, 0.2) is 0 Å². The van der Waals surface area contributed by atoms with Crippen molar-refractivity contribution in [3.63, 3.8) is 0 Å². The van der Waals surface area contributed by atoms with Gasteiger partial charge < -0.3 is 10.4 Å². The molecule has 0 radical (unpaired) electrons. The Morgan fingerprint density at radius 3 is 2.06 bits per heavy atom. The highest BCUT2D eigenvalue weighted by atomic mass is 16.2. The number of aliphatic hydroxyl groups excluding tert-OH is 1. The zero-order chi connectivity index (χ0) is 12.2. The predicted octanol–water partition coefficient (Wildman–Crippen LogP) is 3.34. The molecule has 0 aliphatic heterocycles. The highest BCUT2D eigenvalue weighted by molar-refractivity contribution is 4.76. The molecule has 2 heteroatoms. The Balaban J connectivity index is 0.000000487. The number of hydrogen-bond donors (Lipinski definition) is 2. The van der Waals surface area contributed by atoms with Crippen LogP contribution in [-0.4, -0.2) is 24.8 Å². The van der Waals surface area contributed by atoms with Crippen LogP contribution in [0.15, 0.2) is 0 Å². The van der Waals surface area contributed by atoms with Gasteiger partial charge >= 0.3 is 0 Å². The second-order valence-electron chi connectivity index (χ2n) is 4.78. The molecule has 16 heavy (non-hydrogen) atoms. The van der Waals surface area contributed by atoms with Crippen LogP contribution in [0.3, 0.4) is 0 Å². The van der Waals surface area contributed by atoms with Crippen molar-refractivity contribution in [3.8, 4) is 0 Å². The molecule has 2 nitrogen and oxygen atoms in total. The monoisotopic (exact) mass is 229 g/mol. The van der Waals surface area contributed by atoms with Crippen LogP contribution in [0.4, 0.5) is 0 Å². The Morgan fingerprint density at radius 1 is 1.06 bits per heavy atom. The van der Waals surface area contributed by atoms with Crippen LogP contribution in [-0.2, 0) is 0 Å². The second kappa shape index (κ2) is 11.4. The van der Waals surface area contributed by atoms with E-state index in [0.717, 1.165) is 18.4 Å². The Morgan fingerprint density at radius 2 is 1.62 bits per heavy atom. The molecule has 2 unspecified atom stereocenters. The van der Waals surface area contributed by atoms with Crippen LogP contribution < -0.4 is 5.32 Å². The van der Waals surface area contributed by atoms with Crippen LogP contribution in [0.5, 0.6) is 0 Å². The van der Waals surface area contributed by atoms with Gasteiger partial charge in [-0.3, -0.25) is 0 Å². The van der Waals surface area contributed by atoms with Gasteiger partial charge in [0.1, 0.15) is 0 Å². The van der Waals surface area contributed by atoms with Gasteiger partial charge in [0, 0.05) is 12.6 Å². The molecule has 0 aromatic rings. The van der Waals surface area contributed by atoms with Crippen molar-refractivity contribution in [2.45, 2.75) is 71.3 Å². The molecule has 1 saturated carbocycles. The fourth-order valence-corrected chi connectivity index (χ4v) is 2.43. The second-order valence-corrected chi connectivity index (χ2v) is 4.78. The Kier molecular flexibility index (Phi) is 11.3. The molecule has 2 atom stereocenters. The molecule has 0 spiro atoms. The third kappa shape index (κ3) is 7.24. The van der Waals surface area contributed by atoms with E-state index in [4.69, 9.17) is 5.11 Å². The molecule has 0 saturated heterocycles. The summed E-state index contributed by atoms with van der Waals surface area (Å²) in [6, 6.07) is 0.801. The molecule has 1 rings (SSSR count). The molecule has 1 fully saturated rings. The Bertz CT molecular complexity index is 123. The van der Waals surface area contributed by atoms with E-state index >= 15 is 0 Å². The molecule has 0 heterocycles. The van der Waals surface area contributed by atoms with E-state index in [9.17, 15) is 0 Å². The number of aliphatic hydroxyl groups is 1. The van der Waals surface area contributed by atoms with Crippen molar-refractivity contribution < 1.29 is 5.11 Å². The van der Waals surface area contributed by atoms with Crippen molar-refractivity contribution in [2.75, 3.05) is 13.7 Å². The van der Waals surface area contributed by atoms with Crippen LogP contribution in [0.25, 0.3) is 0 Å². The highest BCUT2D eigenvalue weighted by Gasteiger charge is 2.18. The van der Waals surface area contributed by atoms with E-state index in [1.165, 1.54) is 44.9 Å². The van der Waals surface area contributed by atoms with Gasteiger partial charge in [0.2, 0.25) is 0 Å². The summed E-state index contributed by atoms with van der Waals surface area (Å²) in [4.78, 5) is 0. The molecule has 0 aromatic carbocycles. The fourth-order valence-electron chi connectivity index (χ4n) is 2.43. The molecule has 1 aliphatic carbocycles. The van der Waals surface area contributed by atoms with Crippen molar-refractivity contribution >= 4 is 0 Å². The number of rotatable bonds is 3. The summed E-state index contributed by atoms with van der Waals surface area (Å²) in [5, 5.41) is 11.3. The van der Waals surface area contributed by atoms with E-state index in [1.807, 2.05) is 6.92 Å². The van der Waals surface area contributed by atoms with E-state index in [0.29, 0.717) is 6.61 Å². The zero-order valence-corrected chi connectivity index (χ0v) is 11.5. The largest absolute Gasteiger partial charge is 0.396 e. The summed E-state index contributed by atoms with van der Waals surface area (Å²) < 4.78 is 0. The molecular weight excluding hydrogens is 198 g/mol. The summed E-state index contributed by atoms with van der Waals surface area (Å²) >= 11 is 0. The average Bonchev–Trinajstić information content (AvgIpc) is 2.30. The van der Waals surface area contributed by atoms with Crippen LogP contribution in [0, 0.1) is 5.92 Å². The quantitative estimate of drug-likeness (QED) is 0.778. The maximum Gasteiger partial charge on any atom is 0.0428 e. The Hall–Kier alpha value is -0.0800. The van der Waals surface area contributed by atoms with Gasteiger partial charge in [-0.25, -0.2) is 0 Å². The molecule has 0 amide bonds. The van der Waals surface area contributed by atoms with Crippen LogP contribution in [0.2, 0.25) is 0 Å². The summed E-state index contributed by atoms with van der Waals surface area (Å²) in [7, 11) is 2.12.